The lowest BCUT2D eigenvalue weighted by molar-refractivity contribution is 0.0695. The normalized spacial score (nSPS) is 28.8. The SMILES string of the molecule is CC(C)(C)C1CN(Cc2sccc2Br)C(C2CC2)CN1. The molecule has 20 heavy (non-hydrogen) atoms. The lowest BCUT2D eigenvalue weighted by Gasteiger charge is -2.45. The molecule has 1 aromatic heterocycles. The molecule has 2 aliphatic rings. The molecule has 1 aliphatic carbocycles. The van der Waals surface area contributed by atoms with Crippen LogP contribution in [0.4, 0.5) is 0 Å². The molecule has 0 radical (unpaired) electrons. The Balaban J connectivity index is 1.74. The van der Waals surface area contributed by atoms with E-state index in [1.54, 1.807) is 0 Å². The molecule has 2 nitrogen and oxygen atoms in total. The molecule has 1 saturated carbocycles. The highest BCUT2D eigenvalue weighted by Gasteiger charge is 2.41. The Bertz CT molecular complexity index is 461. The Morgan fingerprint density at radius 1 is 1.40 bits per heavy atom. The average Bonchev–Trinajstić information content (AvgIpc) is 3.14. The van der Waals surface area contributed by atoms with Crippen molar-refractivity contribution in [2.24, 2.45) is 11.3 Å². The lowest BCUT2D eigenvalue weighted by Crippen LogP contribution is -2.60. The second kappa shape index (κ2) is 5.71. The molecule has 3 rings (SSSR count). The minimum absolute atomic E-state index is 0.333. The first-order chi connectivity index (χ1) is 9.45. The lowest BCUT2D eigenvalue weighted by atomic mass is 9.84. The van der Waals surface area contributed by atoms with Crippen LogP contribution in [0.25, 0.3) is 0 Å². The number of thiophene rings is 1. The predicted molar refractivity (Wildman–Crippen MR) is 90.2 cm³/mol. The number of piperazine rings is 1. The summed E-state index contributed by atoms with van der Waals surface area (Å²) in [6.45, 7) is 10.5. The van der Waals surface area contributed by atoms with Gasteiger partial charge >= 0.3 is 0 Å². The third-order valence-electron chi connectivity index (χ3n) is 4.71. The van der Waals surface area contributed by atoms with E-state index in [4.69, 9.17) is 0 Å². The summed E-state index contributed by atoms with van der Waals surface area (Å²) in [5.74, 6) is 0.933. The molecule has 1 saturated heterocycles. The van der Waals surface area contributed by atoms with Crippen LogP contribution in [0.1, 0.15) is 38.5 Å². The van der Waals surface area contributed by atoms with E-state index in [-0.39, 0.29) is 0 Å². The molecule has 2 fully saturated rings. The van der Waals surface area contributed by atoms with E-state index in [0.717, 1.165) is 25.0 Å². The summed E-state index contributed by atoms with van der Waals surface area (Å²) in [5, 5.41) is 5.99. The standard InChI is InChI=1S/C16H25BrN2S/c1-16(2,3)15-10-19(9-14-12(17)6-7-20-14)13(8-18-15)11-4-5-11/h6-7,11,13,15,18H,4-5,8-10H2,1-3H3. The third-order valence-corrected chi connectivity index (χ3v) is 6.62. The maximum Gasteiger partial charge on any atom is 0.0343 e. The van der Waals surface area contributed by atoms with Crippen molar-refractivity contribution in [2.75, 3.05) is 13.1 Å². The van der Waals surface area contributed by atoms with Crippen LogP contribution in [-0.2, 0) is 6.54 Å². The Labute approximate surface area is 135 Å². The molecule has 1 aromatic rings. The van der Waals surface area contributed by atoms with E-state index >= 15 is 0 Å². The van der Waals surface area contributed by atoms with Crippen LogP contribution in [0, 0.1) is 11.3 Å². The van der Waals surface area contributed by atoms with Gasteiger partial charge in [-0.2, -0.15) is 0 Å². The van der Waals surface area contributed by atoms with Crippen molar-refractivity contribution < 1.29 is 0 Å². The second-order valence-corrected chi connectivity index (χ2v) is 9.21. The number of hydrogen-bond acceptors (Lipinski definition) is 3. The topological polar surface area (TPSA) is 15.3 Å². The highest BCUT2D eigenvalue weighted by molar-refractivity contribution is 9.10. The zero-order valence-corrected chi connectivity index (χ0v) is 15.1. The third kappa shape index (κ3) is 3.29. The summed E-state index contributed by atoms with van der Waals surface area (Å²) < 4.78 is 1.28. The summed E-state index contributed by atoms with van der Waals surface area (Å²) in [7, 11) is 0. The fourth-order valence-corrected chi connectivity index (χ4v) is 4.66. The van der Waals surface area contributed by atoms with Gasteiger partial charge in [-0.1, -0.05) is 20.8 Å². The van der Waals surface area contributed by atoms with E-state index in [1.165, 1.54) is 28.7 Å². The first-order valence-electron chi connectivity index (χ1n) is 7.64. The number of nitrogens with zero attached hydrogens (tertiary/aromatic N) is 1. The summed E-state index contributed by atoms with van der Waals surface area (Å²) in [4.78, 5) is 4.21. The quantitative estimate of drug-likeness (QED) is 0.876. The van der Waals surface area contributed by atoms with Crippen LogP contribution < -0.4 is 5.32 Å². The summed E-state index contributed by atoms with van der Waals surface area (Å²) >= 11 is 5.57. The van der Waals surface area contributed by atoms with Crippen molar-refractivity contribution >= 4 is 27.3 Å². The maximum atomic E-state index is 3.80. The summed E-state index contributed by atoms with van der Waals surface area (Å²) in [6, 6.07) is 3.51. The monoisotopic (exact) mass is 356 g/mol. The van der Waals surface area contributed by atoms with E-state index in [2.05, 4.69) is 58.4 Å². The molecule has 2 atom stereocenters. The molecular weight excluding hydrogens is 332 g/mol. The van der Waals surface area contributed by atoms with Gasteiger partial charge in [-0.05, 0) is 51.6 Å². The van der Waals surface area contributed by atoms with Gasteiger partial charge in [-0.15, -0.1) is 11.3 Å². The molecule has 0 aromatic carbocycles. The minimum atomic E-state index is 0.333. The van der Waals surface area contributed by atoms with Crippen molar-refractivity contribution in [1.82, 2.24) is 10.2 Å². The van der Waals surface area contributed by atoms with Gasteiger partial charge in [0.25, 0.3) is 0 Å². The molecule has 0 amide bonds. The Hall–Kier alpha value is 0.1000. The Kier molecular flexibility index (Phi) is 4.29. The van der Waals surface area contributed by atoms with Crippen molar-refractivity contribution in [3.05, 3.63) is 20.8 Å². The van der Waals surface area contributed by atoms with Gasteiger partial charge in [0, 0.05) is 41.1 Å². The van der Waals surface area contributed by atoms with Crippen LogP contribution in [0.2, 0.25) is 0 Å². The summed E-state index contributed by atoms with van der Waals surface area (Å²) in [5.41, 5.74) is 0.333. The van der Waals surface area contributed by atoms with Crippen LogP contribution in [0.5, 0.6) is 0 Å². The van der Waals surface area contributed by atoms with Gasteiger partial charge in [0.05, 0.1) is 0 Å². The highest BCUT2D eigenvalue weighted by Crippen LogP contribution is 2.39. The molecular formula is C16H25BrN2S. The summed E-state index contributed by atoms with van der Waals surface area (Å²) in [6.07, 6.45) is 2.85. The van der Waals surface area contributed by atoms with E-state index < -0.39 is 0 Å². The number of hydrogen-bond donors (Lipinski definition) is 1. The van der Waals surface area contributed by atoms with Gasteiger partial charge in [0.2, 0.25) is 0 Å². The molecule has 1 aliphatic heterocycles. The smallest absolute Gasteiger partial charge is 0.0343 e. The van der Waals surface area contributed by atoms with Crippen molar-refractivity contribution in [1.29, 1.82) is 0 Å². The zero-order valence-electron chi connectivity index (χ0n) is 12.7. The first kappa shape index (κ1) is 15.0. The van der Waals surface area contributed by atoms with Crippen molar-refractivity contribution in [3.63, 3.8) is 0 Å². The van der Waals surface area contributed by atoms with Gasteiger partial charge in [-0.25, -0.2) is 0 Å². The van der Waals surface area contributed by atoms with Gasteiger partial charge < -0.3 is 5.32 Å². The van der Waals surface area contributed by atoms with E-state index in [9.17, 15) is 0 Å². The molecule has 112 valence electrons. The van der Waals surface area contributed by atoms with E-state index in [1.807, 2.05) is 11.3 Å². The second-order valence-electron chi connectivity index (χ2n) is 7.35. The average molecular weight is 357 g/mol. The van der Waals surface area contributed by atoms with Crippen molar-refractivity contribution in [2.45, 2.75) is 52.2 Å². The van der Waals surface area contributed by atoms with Gasteiger partial charge in [0.15, 0.2) is 0 Å². The van der Waals surface area contributed by atoms with Crippen molar-refractivity contribution in [3.8, 4) is 0 Å². The molecule has 0 spiro atoms. The molecule has 1 N–H and O–H groups in total. The molecule has 2 unspecified atom stereocenters. The van der Waals surface area contributed by atoms with Crippen LogP contribution >= 0.6 is 27.3 Å². The Morgan fingerprint density at radius 2 is 2.15 bits per heavy atom. The number of rotatable bonds is 3. The van der Waals surface area contributed by atoms with E-state index in [0.29, 0.717) is 11.5 Å². The Morgan fingerprint density at radius 3 is 2.70 bits per heavy atom. The fraction of sp³-hybridized carbons (Fsp3) is 0.750. The zero-order chi connectivity index (χ0) is 14.3. The predicted octanol–water partition coefficient (Wildman–Crippen LogP) is 4.11. The first-order valence-corrected chi connectivity index (χ1v) is 9.31. The molecule has 4 heteroatoms. The van der Waals surface area contributed by atoms with Crippen LogP contribution in [-0.4, -0.2) is 30.1 Å². The number of halogens is 1. The van der Waals surface area contributed by atoms with Crippen LogP contribution in [0.3, 0.4) is 0 Å². The number of nitrogens with one attached hydrogen (secondary N) is 1. The fourth-order valence-electron chi connectivity index (χ4n) is 3.16. The molecule has 2 heterocycles. The highest BCUT2D eigenvalue weighted by atomic mass is 79.9. The molecule has 0 bridgehead atoms. The van der Waals surface area contributed by atoms with Gasteiger partial charge in [0.1, 0.15) is 0 Å². The van der Waals surface area contributed by atoms with Gasteiger partial charge in [-0.3, -0.25) is 4.90 Å². The van der Waals surface area contributed by atoms with Crippen LogP contribution in [0.15, 0.2) is 15.9 Å². The minimum Gasteiger partial charge on any atom is -0.311 e. The maximum absolute atomic E-state index is 3.80. The largest absolute Gasteiger partial charge is 0.311 e.